The predicted molar refractivity (Wildman–Crippen MR) is 83.9 cm³/mol. The third-order valence-corrected chi connectivity index (χ3v) is 4.12. The van der Waals surface area contributed by atoms with Crippen molar-refractivity contribution in [2.24, 2.45) is 7.05 Å². The fourth-order valence-corrected chi connectivity index (χ4v) is 2.39. The zero-order valence-corrected chi connectivity index (χ0v) is 14.0. The van der Waals surface area contributed by atoms with Crippen molar-refractivity contribution < 1.29 is 8.78 Å². The van der Waals surface area contributed by atoms with E-state index in [0.29, 0.717) is 11.5 Å². The smallest absolute Gasteiger partial charge is 0.255 e. The standard InChI is InChI=1S/C14H13BrF2N6/c1-8-5-9(3-4-10(8)15)13-18-14(11-6-22(2)21-19-11)23(20-13)7-12(16)17/h3-6,12H,7H2,1-2H3. The summed E-state index contributed by atoms with van der Waals surface area (Å²) in [5.41, 5.74) is 2.17. The summed E-state index contributed by atoms with van der Waals surface area (Å²) in [6, 6.07) is 5.60. The average molecular weight is 383 g/mol. The van der Waals surface area contributed by atoms with Crippen molar-refractivity contribution in [3.63, 3.8) is 0 Å². The monoisotopic (exact) mass is 382 g/mol. The highest BCUT2D eigenvalue weighted by molar-refractivity contribution is 9.10. The quantitative estimate of drug-likeness (QED) is 0.695. The lowest BCUT2D eigenvalue weighted by molar-refractivity contribution is 0.122. The molecule has 0 saturated heterocycles. The number of aryl methyl sites for hydroxylation is 2. The minimum Gasteiger partial charge on any atom is -0.255 e. The van der Waals surface area contributed by atoms with Gasteiger partial charge < -0.3 is 0 Å². The van der Waals surface area contributed by atoms with Gasteiger partial charge >= 0.3 is 0 Å². The number of benzene rings is 1. The van der Waals surface area contributed by atoms with E-state index < -0.39 is 13.0 Å². The van der Waals surface area contributed by atoms with Gasteiger partial charge in [0.15, 0.2) is 11.6 Å². The highest BCUT2D eigenvalue weighted by atomic mass is 79.9. The minimum absolute atomic E-state index is 0.272. The molecule has 1 aromatic carbocycles. The van der Waals surface area contributed by atoms with Crippen LogP contribution in [0.4, 0.5) is 8.78 Å². The first-order valence-corrected chi connectivity index (χ1v) is 7.59. The molecular formula is C14H13BrF2N6. The molecule has 3 aromatic rings. The maximum Gasteiger partial charge on any atom is 0.258 e. The third kappa shape index (κ3) is 3.29. The third-order valence-electron chi connectivity index (χ3n) is 3.23. The van der Waals surface area contributed by atoms with E-state index in [1.54, 1.807) is 13.2 Å². The SMILES string of the molecule is Cc1cc(-c2nc(-c3cn(C)nn3)n(CC(F)F)n2)ccc1Br. The maximum absolute atomic E-state index is 12.8. The van der Waals surface area contributed by atoms with Crippen molar-refractivity contribution in [2.75, 3.05) is 0 Å². The predicted octanol–water partition coefficient (Wildman–Crippen LogP) is 3.08. The van der Waals surface area contributed by atoms with Gasteiger partial charge in [-0.3, -0.25) is 4.68 Å². The fraction of sp³-hybridized carbons (Fsp3) is 0.286. The number of nitrogens with zero attached hydrogens (tertiary/aromatic N) is 6. The Bertz CT molecular complexity index is 842. The first-order chi connectivity index (χ1) is 10.9. The summed E-state index contributed by atoms with van der Waals surface area (Å²) in [6.07, 6.45) is -0.922. The van der Waals surface area contributed by atoms with Gasteiger partial charge in [0.05, 0.1) is 6.20 Å². The molecule has 23 heavy (non-hydrogen) atoms. The van der Waals surface area contributed by atoms with Crippen LogP contribution in [0.5, 0.6) is 0 Å². The summed E-state index contributed by atoms with van der Waals surface area (Å²) < 4.78 is 29.2. The van der Waals surface area contributed by atoms with Crippen LogP contribution in [-0.2, 0) is 13.6 Å². The summed E-state index contributed by atoms with van der Waals surface area (Å²) >= 11 is 3.43. The zero-order valence-electron chi connectivity index (χ0n) is 12.4. The lowest BCUT2D eigenvalue weighted by Gasteiger charge is -2.02. The Morgan fingerprint density at radius 2 is 2.09 bits per heavy atom. The molecule has 0 bridgehead atoms. The molecule has 0 N–H and O–H groups in total. The van der Waals surface area contributed by atoms with Crippen molar-refractivity contribution >= 4 is 15.9 Å². The van der Waals surface area contributed by atoms with Crippen LogP contribution in [0.1, 0.15) is 5.56 Å². The number of alkyl halides is 2. The van der Waals surface area contributed by atoms with Crippen LogP contribution in [0, 0.1) is 6.92 Å². The Kier molecular flexibility index (Phi) is 4.20. The second-order valence-corrected chi connectivity index (χ2v) is 5.93. The Morgan fingerprint density at radius 3 is 2.70 bits per heavy atom. The van der Waals surface area contributed by atoms with Gasteiger partial charge in [-0.2, -0.15) is 5.10 Å². The Balaban J connectivity index is 2.08. The van der Waals surface area contributed by atoms with Gasteiger partial charge in [0.1, 0.15) is 12.2 Å². The van der Waals surface area contributed by atoms with Gasteiger partial charge in [0.25, 0.3) is 6.43 Å². The van der Waals surface area contributed by atoms with E-state index in [1.807, 2.05) is 25.1 Å². The first kappa shape index (κ1) is 15.7. The van der Waals surface area contributed by atoms with Crippen molar-refractivity contribution in [3.05, 3.63) is 34.4 Å². The number of halogens is 3. The zero-order chi connectivity index (χ0) is 16.6. The summed E-state index contributed by atoms with van der Waals surface area (Å²) in [5, 5.41) is 12.0. The Morgan fingerprint density at radius 1 is 1.30 bits per heavy atom. The molecule has 9 heteroatoms. The molecule has 120 valence electrons. The van der Waals surface area contributed by atoms with E-state index in [9.17, 15) is 8.78 Å². The van der Waals surface area contributed by atoms with Gasteiger partial charge in [-0.15, -0.1) is 5.10 Å². The van der Waals surface area contributed by atoms with Crippen molar-refractivity contribution in [1.82, 2.24) is 29.8 Å². The summed E-state index contributed by atoms with van der Waals surface area (Å²) in [5.74, 6) is 0.649. The normalized spacial score (nSPS) is 11.4. The molecule has 0 atom stereocenters. The lowest BCUT2D eigenvalue weighted by atomic mass is 10.1. The molecule has 0 unspecified atom stereocenters. The fourth-order valence-electron chi connectivity index (χ4n) is 2.15. The van der Waals surface area contributed by atoms with Crippen molar-refractivity contribution in [3.8, 4) is 22.9 Å². The molecule has 2 heterocycles. The van der Waals surface area contributed by atoms with Gasteiger partial charge in [-0.05, 0) is 30.7 Å². The molecule has 0 aliphatic carbocycles. The van der Waals surface area contributed by atoms with E-state index in [4.69, 9.17) is 0 Å². The Hall–Kier alpha value is -2.16. The molecule has 0 radical (unpaired) electrons. The van der Waals surface area contributed by atoms with Gasteiger partial charge in [-0.25, -0.2) is 18.4 Å². The number of rotatable bonds is 4. The van der Waals surface area contributed by atoms with Crippen LogP contribution in [0.3, 0.4) is 0 Å². The summed E-state index contributed by atoms with van der Waals surface area (Å²) in [4.78, 5) is 4.38. The molecule has 0 aliphatic heterocycles. The van der Waals surface area contributed by atoms with E-state index in [0.717, 1.165) is 15.6 Å². The lowest BCUT2D eigenvalue weighted by Crippen LogP contribution is -2.10. The highest BCUT2D eigenvalue weighted by Gasteiger charge is 2.19. The van der Waals surface area contributed by atoms with Crippen LogP contribution in [0.25, 0.3) is 22.9 Å². The van der Waals surface area contributed by atoms with E-state index in [1.165, 1.54) is 9.36 Å². The van der Waals surface area contributed by atoms with E-state index in [-0.39, 0.29) is 5.82 Å². The van der Waals surface area contributed by atoms with Crippen LogP contribution in [0.2, 0.25) is 0 Å². The Labute approximate surface area is 139 Å². The molecule has 0 spiro atoms. The molecule has 0 saturated carbocycles. The van der Waals surface area contributed by atoms with E-state index >= 15 is 0 Å². The first-order valence-electron chi connectivity index (χ1n) is 6.80. The maximum atomic E-state index is 12.8. The topological polar surface area (TPSA) is 61.4 Å². The highest BCUT2D eigenvalue weighted by Crippen LogP contribution is 2.25. The van der Waals surface area contributed by atoms with Crippen LogP contribution >= 0.6 is 15.9 Å². The van der Waals surface area contributed by atoms with Crippen molar-refractivity contribution in [2.45, 2.75) is 19.9 Å². The minimum atomic E-state index is -2.54. The molecule has 0 fully saturated rings. The molecule has 6 nitrogen and oxygen atoms in total. The van der Waals surface area contributed by atoms with Crippen LogP contribution in [0.15, 0.2) is 28.9 Å². The molecule has 2 aromatic heterocycles. The van der Waals surface area contributed by atoms with E-state index in [2.05, 4.69) is 36.3 Å². The molecule has 0 aliphatic rings. The van der Waals surface area contributed by atoms with Gasteiger partial charge in [0.2, 0.25) is 0 Å². The average Bonchev–Trinajstić information content (AvgIpc) is 3.08. The van der Waals surface area contributed by atoms with Crippen LogP contribution in [-0.4, -0.2) is 36.2 Å². The van der Waals surface area contributed by atoms with Crippen LogP contribution < -0.4 is 0 Å². The second-order valence-electron chi connectivity index (χ2n) is 5.07. The number of hydrogen-bond acceptors (Lipinski definition) is 4. The second kappa shape index (κ2) is 6.15. The largest absolute Gasteiger partial charge is 0.258 e. The summed E-state index contributed by atoms with van der Waals surface area (Å²) in [6.45, 7) is 1.39. The number of aromatic nitrogens is 6. The number of hydrogen-bond donors (Lipinski definition) is 0. The molecule has 3 rings (SSSR count). The molecular weight excluding hydrogens is 370 g/mol. The molecule has 0 amide bonds. The van der Waals surface area contributed by atoms with Crippen molar-refractivity contribution in [1.29, 1.82) is 0 Å². The van der Waals surface area contributed by atoms with Gasteiger partial charge in [-0.1, -0.05) is 21.1 Å². The van der Waals surface area contributed by atoms with Gasteiger partial charge in [0, 0.05) is 17.1 Å². The summed E-state index contributed by atoms with van der Waals surface area (Å²) in [7, 11) is 1.70.